The van der Waals surface area contributed by atoms with Crippen LogP contribution in [-0.2, 0) is 31.2 Å². The maximum atomic E-state index is 9.28. The largest absolute Gasteiger partial charge is 0.495 e. The van der Waals surface area contributed by atoms with Crippen molar-refractivity contribution < 1.29 is 66.7 Å². The summed E-state index contributed by atoms with van der Waals surface area (Å²) >= 11 is 39.6. The molecule has 0 radical (unpaired) electrons. The molecule has 1 N–H and O–H groups in total. The molecule has 0 aliphatic carbocycles. The van der Waals surface area contributed by atoms with Crippen molar-refractivity contribution in [2.24, 2.45) is 13.0 Å². The number of hydrogen-bond acceptors (Lipinski definition) is 24. The molecule has 6 aromatic carbocycles. The third-order valence-electron chi connectivity index (χ3n) is 17.7. The fourth-order valence-electron chi connectivity index (χ4n) is 12.5. The zero-order valence-corrected chi connectivity index (χ0v) is 80.9. The molecule has 0 fully saturated rings. The number of hydrogen-bond donors (Lipinski definition) is 1. The van der Waals surface area contributed by atoms with E-state index in [0.29, 0.717) is 122 Å². The first-order valence-electron chi connectivity index (χ1n) is 40.7. The molecular formula is C95H110Cl6N10O14S. The van der Waals surface area contributed by atoms with Gasteiger partial charge in [-0.2, -0.15) is 5.26 Å². The van der Waals surface area contributed by atoms with Crippen molar-refractivity contribution in [3.8, 4) is 75.1 Å². The molecule has 0 spiro atoms. The number of rotatable bonds is 28. The number of benzene rings is 6. The first-order valence-corrected chi connectivity index (χ1v) is 43.8. The van der Waals surface area contributed by atoms with Crippen molar-refractivity contribution >= 4 is 153 Å². The predicted molar refractivity (Wildman–Crippen MR) is 508 cm³/mol. The number of allylic oxidation sites excluding steroid dienone is 1. The van der Waals surface area contributed by atoms with Crippen molar-refractivity contribution in [3.05, 3.63) is 180 Å². The van der Waals surface area contributed by atoms with Crippen LogP contribution in [0.4, 0.5) is 0 Å². The van der Waals surface area contributed by atoms with Gasteiger partial charge in [-0.15, -0.1) is 10.2 Å². The summed E-state index contributed by atoms with van der Waals surface area (Å²) in [7, 11) is 13.0. The first-order chi connectivity index (χ1) is 60.0. The molecular weight excluding hydrogens is 1750 g/mol. The van der Waals surface area contributed by atoms with Crippen LogP contribution in [0.25, 0.3) is 71.5 Å². The van der Waals surface area contributed by atoms with Gasteiger partial charge >= 0.3 is 0 Å². The van der Waals surface area contributed by atoms with Gasteiger partial charge in [0.05, 0.1) is 130 Å². The van der Waals surface area contributed by atoms with Crippen LogP contribution in [0, 0.1) is 17.2 Å². The van der Waals surface area contributed by atoms with Gasteiger partial charge in [0, 0.05) is 101 Å². The third-order valence-corrected chi connectivity index (χ3v) is 20.9. The highest BCUT2D eigenvalue weighted by molar-refractivity contribution is 7.99. The lowest BCUT2D eigenvalue weighted by Crippen LogP contribution is -2.08. The fraction of sp³-hybridized carbons (Fsp3) is 0.379. The zero-order valence-electron chi connectivity index (χ0n) is 75.5. The Labute approximate surface area is 771 Å². The minimum absolute atomic E-state index is 0.00183. The Morgan fingerprint density at radius 3 is 1.06 bits per heavy atom. The minimum Gasteiger partial charge on any atom is -0.495 e. The average Bonchev–Trinajstić information content (AvgIpc) is 1.19. The second-order valence-electron chi connectivity index (χ2n) is 30.7. The van der Waals surface area contributed by atoms with Crippen molar-refractivity contribution in [2.45, 2.75) is 183 Å². The lowest BCUT2D eigenvalue weighted by atomic mass is 10.1. The van der Waals surface area contributed by atoms with Crippen molar-refractivity contribution in [1.29, 1.82) is 5.26 Å². The minimum atomic E-state index is -0.169. The summed E-state index contributed by atoms with van der Waals surface area (Å²) in [5.74, 6) is 8.43. The number of halogens is 6. The average molecular weight is 1860 g/mol. The topological polar surface area (TPSA) is 272 Å². The predicted octanol–water partition coefficient (Wildman–Crippen LogP) is 24.9. The van der Waals surface area contributed by atoms with Crippen molar-refractivity contribution in [3.63, 3.8) is 0 Å². The van der Waals surface area contributed by atoms with Gasteiger partial charge < -0.3 is 71.3 Å². The Balaban J connectivity index is 0.000000188. The molecule has 13 aromatic rings. The molecule has 126 heavy (non-hydrogen) atoms. The van der Waals surface area contributed by atoms with Crippen molar-refractivity contribution in [1.82, 2.24) is 44.7 Å². The van der Waals surface area contributed by atoms with Gasteiger partial charge in [-0.05, 0) is 213 Å². The number of methoxy groups -OCH3 is 7. The summed E-state index contributed by atoms with van der Waals surface area (Å²) in [6, 6.07) is 35.5. The van der Waals surface area contributed by atoms with Gasteiger partial charge in [0.25, 0.3) is 0 Å². The number of ether oxygens (including phenoxy) is 13. The maximum absolute atomic E-state index is 9.28. The molecule has 31 heteroatoms. The number of pyridine rings is 6. The molecule has 0 unspecified atom stereocenters. The molecule has 0 saturated heterocycles. The Hall–Kier alpha value is -10.2. The lowest BCUT2D eigenvalue weighted by molar-refractivity contribution is 0.195. The van der Waals surface area contributed by atoms with Crippen LogP contribution in [0.3, 0.4) is 0 Å². The molecule has 24 nitrogen and oxygen atoms in total. The quantitative estimate of drug-likeness (QED) is 0.0446. The normalized spacial score (nSPS) is 11.1. The standard InChI is InChI=1S/C17H22ClNO3.C17H22ClNO2.C17H20ClNO2.C16H17ClN4O2S.C14H13ClN2O2.C14H16ClNO3/c1-11(2)22-15-10-12(6-5-9-20-3)19-17-13(15)7-8-14(21-4)16(17)18;2*1-10(2)8-12-9-15(21-11(3)4)13-6-7-14(20-5)16(18)17(13)19-12;1-9(2)23-12-7-13(24-16-20-18-8-21(16)3)19-15-10(12)5-6-11(22-4)14(15)17;1-8(2)19-12-6-9(7-16)17-14-10(12)4-5-11(18-3)13(14)15;1-8(2)19-12-6-9(7-17)16-14-10(12)4-5-11(18-3)13(14)15/h7-8,10-11H,5-6,9H2,1-4H3;6-7,9-11H,8H2,1-5H3;6-9,11H,1-5H3;5-9H,1-4H3;4-6,8H,1-3H3;4-6,8,17H,7H2,1-3H3. The van der Waals surface area contributed by atoms with E-state index in [-0.39, 0.29) is 48.9 Å². The highest BCUT2D eigenvalue weighted by Crippen LogP contribution is 2.44. The van der Waals surface area contributed by atoms with E-state index in [1.807, 2.05) is 206 Å². The van der Waals surface area contributed by atoms with E-state index in [9.17, 15) is 5.11 Å². The van der Waals surface area contributed by atoms with E-state index in [2.05, 4.69) is 49.0 Å². The molecule has 0 aliphatic heterocycles. The molecule has 0 saturated carbocycles. The van der Waals surface area contributed by atoms with Crippen LogP contribution in [0.15, 0.2) is 131 Å². The van der Waals surface area contributed by atoms with Crippen LogP contribution in [-0.4, -0.2) is 143 Å². The van der Waals surface area contributed by atoms with Gasteiger partial charge in [0.15, 0.2) is 5.16 Å². The lowest BCUT2D eigenvalue weighted by Gasteiger charge is -2.16. The molecule has 0 atom stereocenters. The van der Waals surface area contributed by atoms with Gasteiger partial charge in [0.2, 0.25) is 0 Å². The number of fused-ring (bicyclic) bond motifs is 6. The van der Waals surface area contributed by atoms with Gasteiger partial charge in [-0.1, -0.05) is 89.0 Å². The van der Waals surface area contributed by atoms with Gasteiger partial charge in [-0.25, -0.2) is 19.9 Å². The first kappa shape index (κ1) is 101. The Morgan fingerprint density at radius 2 is 0.730 bits per heavy atom. The Bertz CT molecular complexity index is 5970. The van der Waals surface area contributed by atoms with Crippen molar-refractivity contribution in [2.75, 3.05) is 56.4 Å². The number of nitrogens with zero attached hydrogens (tertiary/aromatic N) is 10. The van der Waals surface area contributed by atoms with Crippen LogP contribution in [0.1, 0.15) is 146 Å². The van der Waals surface area contributed by atoms with E-state index >= 15 is 0 Å². The zero-order chi connectivity index (χ0) is 92.5. The number of aryl methyl sites for hydroxylation is 2. The number of aliphatic hydroxyl groups is 1. The fourth-order valence-corrected chi connectivity index (χ4v) is 15.0. The highest BCUT2D eigenvalue weighted by Gasteiger charge is 2.23. The third kappa shape index (κ3) is 27.2. The molecule has 13 rings (SSSR count). The summed E-state index contributed by atoms with van der Waals surface area (Å²) in [6.07, 6.45) is 6.56. The maximum Gasteiger partial charge on any atom is 0.197 e. The molecule has 0 aliphatic rings. The molecule has 7 aromatic heterocycles. The number of nitriles is 1. The summed E-state index contributed by atoms with van der Waals surface area (Å²) in [5, 5.41) is 35.7. The van der Waals surface area contributed by atoms with Gasteiger partial charge in [-0.3, -0.25) is 9.97 Å². The molecule has 0 amide bonds. The Morgan fingerprint density at radius 1 is 0.413 bits per heavy atom. The SMILES string of the molecule is COCCCc1cc(OC(C)C)c2ccc(OC)c(Cl)c2n1.COc1ccc2c(OC(C)C)cc(C#N)nc2c1Cl.COc1ccc2c(OC(C)C)cc(C=C(C)C)nc2c1Cl.COc1ccc2c(OC(C)C)cc(CC(C)C)nc2c1Cl.COc1ccc2c(OC(C)C)cc(CO)nc2c1Cl.COc1ccc2c(OC(C)C)cc(Sc3nncn3C)nc2c1Cl. The molecule has 672 valence electrons. The number of aliphatic hydroxyl groups excluding tert-OH is 1. The van der Waals surface area contributed by atoms with E-state index in [0.717, 1.165) is 113 Å². The molecule has 0 bridgehead atoms. The van der Waals surface area contributed by atoms with E-state index in [4.69, 9.17) is 141 Å². The van der Waals surface area contributed by atoms with Gasteiger partial charge in [0.1, 0.15) is 122 Å². The summed E-state index contributed by atoms with van der Waals surface area (Å²) in [6.45, 7) is 32.6. The summed E-state index contributed by atoms with van der Waals surface area (Å²) < 4.78 is 73.6. The smallest absolute Gasteiger partial charge is 0.197 e. The second kappa shape index (κ2) is 48.1. The molecule has 7 heterocycles. The summed E-state index contributed by atoms with van der Waals surface area (Å²) in [5.41, 5.74) is 8.57. The highest BCUT2D eigenvalue weighted by atomic mass is 35.5. The van der Waals surface area contributed by atoms with Crippen LogP contribution in [0.5, 0.6) is 69.0 Å². The number of aromatic nitrogens is 9. The second-order valence-corrected chi connectivity index (χ2v) is 34.0. The van der Waals surface area contributed by atoms with E-state index in [1.165, 1.54) is 18.9 Å². The van der Waals surface area contributed by atoms with E-state index in [1.54, 1.807) is 73.3 Å². The van der Waals surface area contributed by atoms with E-state index < -0.39 is 0 Å². The van der Waals surface area contributed by atoms with Crippen LogP contribution < -0.4 is 56.8 Å². The monoisotopic (exact) mass is 1860 g/mol. The van der Waals surface area contributed by atoms with Crippen LogP contribution in [0.2, 0.25) is 30.1 Å². The Kier molecular flexibility index (Phi) is 38.6. The van der Waals surface area contributed by atoms with Crippen LogP contribution >= 0.6 is 81.4 Å². The summed E-state index contributed by atoms with van der Waals surface area (Å²) in [4.78, 5) is 27.2.